The van der Waals surface area contributed by atoms with E-state index in [2.05, 4.69) is 6.92 Å². The molecule has 0 saturated carbocycles. The molecule has 0 aromatic rings. The van der Waals surface area contributed by atoms with E-state index >= 15 is 0 Å². The molecule has 1 aliphatic rings. The fourth-order valence-electron chi connectivity index (χ4n) is 2.97. The first-order valence-electron chi connectivity index (χ1n) is 9.63. The predicted octanol–water partition coefficient (Wildman–Crippen LogP) is 3.93. The van der Waals surface area contributed by atoms with Gasteiger partial charge in [0.2, 0.25) is 0 Å². The standard InChI is InChI=1S/C20H34O5/c1-4-5-6-7-8-9-10-11-18(22)24-15-20(14-21)13-17(12-16(2)3)19(23)25-20/h12,16,21H,4-11,13-15H2,1-3H3/b17-12+. The van der Waals surface area contributed by atoms with Gasteiger partial charge in [-0.3, -0.25) is 4.79 Å². The molecule has 5 nitrogen and oxygen atoms in total. The Bertz CT molecular complexity index is 455. The maximum absolute atomic E-state index is 11.9. The van der Waals surface area contributed by atoms with Crippen LogP contribution in [-0.4, -0.2) is 35.9 Å². The van der Waals surface area contributed by atoms with Crippen molar-refractivity contribution in [3.63, 3.8) is 0 Å². The molecular formula is C20H34O5. The molecular weight excluding hydrogens is 320 g/mol. The first kappa shape index (κ1) is 21.7. The zero-order chi connectivity index (χ0) is 18.7. The predicted molar refractivity (Wildman–Crippen MR) is 97.0 cm³/mol. The SMILES string of the molecule is CCCCCCCCCC(=O)OCC1(CO)C/C(=C\C(C)C)C(=O)O1. The molecule has 1 saturated heterocycles. The zero-order valence-corrected chi connectivity index (χ0v) is 16.0. The summed E-state index contributed by atoms with van der Waals surface area (Å²) in [6.07, 6.45) is 10.5. The number of aliphatic hydroxyl groups excluding tert-OH is 1. The van der Waals surface area contributed by atoms with Gasteiger partial charge in [0.1, 0.15) is 6.61 Å². The van der Waals surface area contributed by atoms with E-state index < -0.39 is 11.6 Å². The average molecular weight is 354 g/mol. The number of cyclic esters (lactones) is 1. The van der Waals surface area contributed by atoms with Gasteiger partial charge in [0.15, 0.2) is 5.60 Å². The van der Waals surface area contributed by atoms with Gasteiger partial charge in [-0.05, 0) is 12.3 Å². The largest absolute Gasteiger partial charge is 0.461 e. The van der Waals surface area contributed by atoms with Crippen molar-refractivity contribution in [3.05, 3.63) is 11.6 Å². The van der Waals surface area contributed by atoms with Crippen molar-refractivity contribution >= 4 is 11.9 Å². The zero-order valence-electron chi connectivity index (χ0n) is 16.0. The molecule has 1 unspecified atom stereocenters. The summed E-state index contributed by atoms with van der Waals surface area (Å²) in [4.78, 5) is 23.8. The summed E-state index contributed by atoms with van der Waals surface area (Å²) in [5, 5.41) is 9.62. The second-order valence-corrected chi connectivity index (χ2v) is 7.38. The van der Waals surface area contributed by atoms with E-state index in [-0.39, 0.29) is 31.5 Å². The topological polar surface area (TPSA) is 72.8 Å². The lowest BCUT2D eigenvalue weighted by atomic mass is 9.97. The number of carbonyl (C=O) groups excluding carboxylic acids is 2. The summed E-state index contributed by atoms with van der Waals surface area (Å²) < 4.78 is 10.6. The summed E-state index contributed by atoms with van der Waals surface area (Å²) >= 11 is 0. The highest BCUT2D eigenvalue weighted by molar-refractivity contribution is 5.91. The smallest absolute Gasteiger partial charge is 0.334 e. The van der Waals surface area contributed by atoms with Crippen LogP contribution in [0, 0.1) is 5.92 Å². The van der Waals surface area contributed by atoms with Gasteiger partial charge in [-0.2, -0.15) is 0 Å². The van der Waals surface area contributed by atoms with Gasteiger partial charge in [0.25, 0.3) is 0 Å². The minimum atomic E-state index is -1.12. The molecule has 25 heavy (non-hydrogen) atoms. The number of rotatable bonds is 12. The van der Waals surface area contributed by atoms with Crippen LogP contribution in [0.2, 0.25) is 0 Å². The van der Waals surface area contributed by atoms with E-state index in [9.17, 15) is 14.7 Å². The molecule has 1 atom stereocenters. The number of hydrogen-bond acceptors (Lipinski definition) is 5. The fraction of sp³-hybridized carbons (Fsp3) is 0.800. The number of ether oxygens (including phenoxy) is 2. The molecule has 0 spiro atoms. The van der Waals surface area contributed by atoms with Crippen LogP contribution in [0.1, 0.15) is 78.6 Å². The second kappa shape index (κ2) is 11.3. The first-order chi connectivity index (χ1) is 11.9. The number of unbranched alkanes of at least 4 members (excludes halogenated alkanes) is 6. The molecule has 1 aliphatic heterocycles. The molecule has 0 aromatic carbocycles. The highest BCUT2D eigenvalue weighted by Crippen LogP contribution is 2.32. The highest BCUT2D eigenvalue weighted by atomic mass is 16.6. The molecule has 0 aliphatic carbocycles. The quantitative estimate of drug-likeness (QED) is 0.326. The molecule has 0 bridgehead atoms. The summed E-state index contributed by atoms with van der Waals surface area (Å²) in [5.74, 6) is -0.499. The third-order valence-corrected chi connectivity index (χ3v) is 4.39. The Labute approximate surface area is 151 Å². The van der Waals surface area contributed by atoms with Crippen molar-refractivity contribution in [2.45, 2.75) is 84.2 Å². The van der Waals surface area contributed by atoms with Crippen molar-refractivity contribution in [2.24, 2.45) is 5.92 Å². The monoisotopic (exact) mass is 354 g/mol. The molecule has 144 valence electrons. The molecule has 1 N–H and O–H groups in total. The maximum atomic E-state index is 11.9. The van der Waals surface area contributed by atoms with Crippen molar-refractivity contribution in [1.82, 2.24) is 0 Å². The number of hydrogen-bond donors (Lipinski definition) is 1. The van der Waals surface area contributed by atoms with Crippen LogP contribution in [0.25, 0.3) is 0 Å². The van der Waals surface area contributed by atoms with Crippen molar-refractivity contribution in [3.8, 4) is 0 Å². The molecule has 1 rings (SSSR count). The lowest BCUT2D eigenvalue weighted by Gasteiger charge is -2.24. The Hall–Kier alpha value is -1.36. The van der Waals surface area contributed by atoms with Crippen molar-refractivity contribution in [2.75, 3.05) is 13.2 Å². The minimum absolute atomic E-state index is 0.0833. The van der Waals surface area contributed by atoms with Gasteiger partial charge < -0.3 is 14.6 Å². The maximum Gasteiger partial charge on any atom is 0.334 e. The molecule has 0 aromatic heterocycles. The van der Waals surface area contributed by atoms with Gasteiger partial charge in [-0.1, -0.05) is 65.4 Å². The molecule has 0 radical (unpaired) electrons. The van der Waals surface area contributed by atoms with E-state index in [1.165, 1.54) is 25.7 Å². The summed E-state index contributed by atoms with van der Waals surface area (Å²) in [5.41, 5.74) is -0.569. The van der Waals surface area contributed by atoms with Gasteiger partial charge >= 0.3 is 11.9 Å². The van der Waals surface area contributed by atoms with Crippen LogP contribution in [0.3, 0.4) is 0 Å². The Morgan fingerprint density at radius 1 is 1.24 bits per heavy atom. The Kier molecular flexibility index (Phi) is 9.79. The van der Waals surface area contributed by atoms with Crippen molar-refractivity contribution < 1.29 is 24.2 Å². The van der Waals surface area contributed by atoms with Crippen molar-refractivity contribution in [1.29, 1.82) is 0 Å². The van der Waals surface area contributed by atoms with E-state index in [4.69, 9.17) is 9.47 Å². The van der Waals surface area contributed by atoms with Crippen LogP contribution >= 0.6 is 0 Å². The highest BCUT2D eigenvalue weighted by Gasteiger charge is 2.44. The van der Waals surface area contributed by atoms with Crippen LogP contribution in [0.15, 0.2) is 11.6 Å². The van der Waals surface area contributed by atoms with E-state index in [1.807, 2.05) is 19.9 Å². The fourth-order valence-corrected chi connectivity index (χ4v) is 2.97. The summed E-state index contributed by atoms with van der Waals surface area (Å²) in [6, 6.07) is 0. The Balaban J connectivity index is 2.30. The normalized spacial score (nSPS) is 21.8. The summed E-state index contributed by atoms with van der Waals surface area (Å²) in [7, 11) is 0. The third kappa shape index (κ3) is 8.04. The van der Waals surface area contributed by atoms with E-state index in [0.717, 1.165) is 19.3 Å². The molecule has 1 heterocycles. The van der Waals surface area contributed by atoms with Crippen LogP contribution in [0.4, 0.5) is 0 Å². The number of aliphatic hydroxyl groups is 1. The van der Waals surface area contributed by atoms with Gasteiger partial charge in [-0.25, -0.2) is 4.79 Å². The van der Waals surface area contributed by atoms with Gasteiger partial charge in [0.05, 0.1) is 6.61 Å². The first-order valence-corrected chi connectivity index (χ1v) is 9.63. The lowest BCUT2D eigenvalue weighted by molar-refractivity contribution is -0.166. The molecule has 0 amide bonds. The lowest BCUT2D eigenvalue weighted by Crippen LogP contribution is -2.39. The van der Waals surface area contributed by atoms with Crippen LogP contribution in [0.5, 0.6) is 0 Å². The number of esters is 2. The van der Waals surface area contributed by atoms with Crippen LogP contribution < -0.4 is 0 Å². The van der Waals surface area contributed by atoms with Gasteiger partial charge in [-0.15, -0.1) is 0 Å². The second-order valence-electron chi connectivity index (χ2n) is 7.38. The number of carbonyl (C=O) groups is 2. The minimum Gasteiger partial charge on any atom is -0.461 e. The molecule has 1 fully saturated rings. The third-order valence-electron chi connectivity index (χ3n) is 4.39. The van der Waals surface area contributed by atoms with Crippen LogP contribution in [-0.2, 0) is 19.1 Å². The summed E-state index contributed by atoms with van der Waals surface area (Å²) in [6.45, 7) is 5.71. The van der Waals surface area contributed by atoms with E-state index in [1.54, 1.807) is 0 Å². The average Bonchev–Trinajstić information content (AvgIpc) is 2.88. The Morgan fingerprint density at radius 3 is 2.48 bits per heavy atom. The van der Waals surface area contributed by atoms with E-state index in [0.29, 0.717) is 12.0 Å². The Morgan fingerprint density at radius 2 is 1.88 bits per heavy atom. The molecule has 5 heteroatoms. The number of allylic oxidation sites excluding steroid dienone is 1. The van der Waals surface area contributed by atoms with Gasteiger partial charge in [0, 0.05) is 18.4 Å².